The van der Waals surface area contributed by atoms with E-state index in [-0.39, 0.29) is 18.6 Å². The zero-order valence-electron chi connectivity index (χ0n) is 10.5. The maximum Gasteiger partial charge on any atom is 0.241 e. The van der Waals surface area contributed by atoms with E-state index in [0.29, 0.717) is 0 Å². The van der Waals surface area contributed by atoms with Crippen molar-refractivity contribution < 1.29 is 9.90 Å². The summed E-state index contributed by atoms with van der Waals surface area (Å²) in [5, 5.41) is 14.9. The van der Waals surface area contributed by atoms with Crippen LogP contribution in [0.3, 0.4) is 0 Å². The summed E-state index contributed by atoms with van der Waals surface area (Å²) in [6.07, 6.45) is 3.56. The normalized spacial score (nSPS) is 18.8. The Hall–Kier alpha value is -1.39. The minimum Gasteiger partial charge on any atom is -0.396 e. The van der Waals surface area contributed by atoms with Gasteiger partial charge in [0.15, 0.2) is 0 Å². The van der Waals surface area contributed by atoms with Crippen molar-refractivity contribution in [3.8, 4) is 0 Å². The Balaban J connectivity index is 1.93. The van der Waals surface area contributed by atoms with Crippen molar-refractivity contribution in [2.24, 2.45) is 0 Å². The lowest BCUT2D eigenvalue weighted by Gasteiger charge is -2.11. The van der Waals surface area contributed by atoms with Gasteiger partial charge >= 0.3 is 0 Å². The summed E-state index contributed by atoms with van der Waals surface area (Å²) < 4.78 is 0. The van der Waals surface area contributed by atoms with Crippen molar-refractivity contribution in [3.63, 3.8) is 0 Å². The van der Waals surface area contributed by atoms with E-state index in [0.717, 1.165) is 43.5 Å². The van der Waals surface area contributed by atoms with E-state index >= 15 is 0 Å². The molecule has 0 spiro atoms. The zero-order chi connectivity index (χ0) is 12.8. The van der Waals surface area contributed by atoms with Gasteiger partial charge in [-0.25, -0.2) is 0 Å². The number of amides is 1. The number of aliphatic hydroxyl groups is 1. The summed E-state index contributed by atoms with van der Waals surface area (Å²) >= 11 is 0. The van der Waals surface area contributed by atoms with E-state index in [1.807, 2.05) is 24.3 Å². The summed E-state index contributed by atoms with van der Waals surface area (Å²) in [5.41, 5.74) is 1.98. The molecule has 1 heterocycles. The van der Waals surface area contributed by atoms with E-state index in [1.54, 1.807) is 0 Å². The topological polar surface area (TPSA) is 61.4 Å². The number of carbonyl (C=O) groups excluding carboxylic acids is 1. The second-order valence-corrected chi connectivity index (χ2v) is 4.67. The van der Waals surface area contributed by atoms with Crippen LogP contribution in [0.4, 0.5) is 5.69 Å². The molecular weight excluding hydrogens is 228 g/mol. The first-order valence-corrected chi connectivity index (χ1v) is 6.53. The Morgan fingerprint density at radius 2 is 2.39 bits per heavy atom. The van der Waals surface area contributed by atoms with Gasteiger partial charge in [0.1, 0.15) is 0 Å². The maximum atomic E-state index is 11.9. The standard InChI is InChI=1S/C14H20N2O2/c17-9-3-5-11-4-1-6-12(10-11)16-14(18)13-7-2-8-15-13/h1,4,6,10,13,15,17H,2-3,5,7-9H2,(H,16,18). The third-order valence-corrected chi connectivity index (χ3v) is 3.19. The van der Waals surface area contributed by atoms with Crippen molar-refractivity contribution in [1.29, 1.82) is 0 Å². The molecule has 0 saturated carbocycles. The molecule has 0 radical (unpaired) electrons. The predicted molar refractivity (Wildman–Crippen MR) is 71.5 cm³/mol. The molecule has 98 valence electrons. The number of hydrogen-bond donors (Lipinski definition) is 3. The summed E-state index contributed by atoms with van der Waals surface area (Å²) in [5.74, 6) is 0.0480. The number of hydrogen-bond acceptors (Lipinski definition) is 3. The molecule has 4 nitrogen and oxygen atoms in total. The van der Waals surface area contributed by atoms with Crippen LogP contribution in [0.5, 0.6) is 0 Å². The van der Waals surface area contributed by atoms with Gasteiger partial charge in [-0.05, 0) is 49.9 Å². The molecule has 1 fully saturated rings. The lowest BCUT2D eigenvalue weighted by atomic mass is 10.1. The van der Waals surface area contributed by atoms with Crippen LogP contribution >= 0.6 is 0 Å². The Morgan fingerprint density at radius 1 is 1.50 bits per heavy atom. The lowest BCUT2D eigenvalue weighted by molar-refractivity contribution is -0.117. The van der Waals surface area contributed by atoms with Gasteiger partial charge in [-0.1, -0.05) is 12.1 Å². The minimum absolute atomic E-state index is 0.0480. The van der Waals surface area contributed by atoms with Crippen LogP contribution in [0.25, 0.3) is 0 Å². The Kier molecular flexibility index (Phi) is 4.73. The first-order chi connectivity index (χ1) is 8.79. The van der Waals surface area contributed by atoms with E-state index in [4.69, 9.17) is 5.11 Å². The van der Waals surface area contributed by atoms with E-state index in [9.17, 15) is 4.79 Å². The van der Waals surface area contributed by atoms with Crippen molar-refractivity contribution in [1.82, 2.24) is 5.32 Å². The van der Waals surface area contributed by atoms with Crippen molar-refractivity contribution >= 4 is 11.6 Å². The minimum atomic E-state index is -0.0499. The number of aryl methyl sites for hydroxylation is 1. The van der Waals surface area contributed by atoms with Crippen LogP contribution in [-0.4, -0.2) is 30.2 Å². The molecule has 18 heavy (non-hydrogen) atoms. The molecule has 0 bridgehead atoms. The maximum absolute atomic E-state index is 11.9. The van der Waals surface area contributed by atoms with Gasteiger partial charge in [0, 0.05) is 12.3 Å². The first-order valence-electron chi connectivity index (χ1n) is 6.53. The molecule has 0 aliphatic carbocycles. The van der Waals surface area contributed by atoms with Crippen molar-refractivity contribution in [2.75, 3.05) is 18.5 Å². The monoisotopic (exact) mass is 248 g/mol. The first kappa shape index (κ1) is 13.1. The zero-order valence-corrected chi connectivity index (χ0v) is 10.5. The number of benzene rings is 1. The van der Waals surface area contributed by atoms with Gasteiger partial charge in [0.05, 0.1) is 6.04 Å². The van der Waals surface area contributed by atoms with Crippen LogP contribution in [0.2, 0.25) is 0 Å². The molecule has 1 unspecified atom stereocenters. The van der Waals surface area contributed by atoms with Crippen LogP contribution < -0.4 is 10.6 Å². The summed E-state index contributed by atoms with van der Waals surface area (Å²) in [6.45, 7) is 1.12. The number of carbonyl (C=O) groups is 1. The average molecular weight is 248 g/mol. The highest BCUT2D eigenvalue weighted by Gasteiger charge is 2.21. The van der Waals surface area contributed by atoms with Gasteiger partial charge in [-0.3, -0.25) is 4.79 Å². The number of rotatable bonds is 5. The smallest absolute Gasteiger partial charge is 0.241 e. The van der Waals surface area contributed by atoms with Crippen molar-refractivity contribution in [3.05, 3.63) is 29.8 Å². The van der Waals surface area contributed by atoms with Crippen LogP contribution in [-0.2, 0) is 11.2 Å². The largest absolute Gasteiger partial charge is 0.396 e. The Labute approximate surface area is 107 Å². The van der Waals surface area contributed by atoms with Crippen LogP contribution in [0, 0.1) is 0 Å². The molecule has 1 aromatic rings. The molecule has 3 N–H and O–H groups in total. The van der Waals surface area contributed by atoms with Gasteiger partial charge in [0.2, 0.25) is 5.91 Å². The third-order valence-electron chi connectivity index (χ3n) is 3.19. The molecule has 1 atom stereocenters. The fraction of sp³-hybridized carbons (Fsp3) is 0.500. The van der Waals surface area contributed by atoms with Gasteiger partial charge < -0.3 is 15.7 Å². The predicted octanol–water partition coefficient (Wildman–Crippen LogP) is 1.30. The molecule has 1 aromatic carbocycles. The molecule has 4 heteroatoms. The average Bonchev–Trinajstić information content (AvgIpc) is 2.91. The van der Waals surface area contributed by atoms with E-state index in [2.05, 4.69) is 10.6 Å². The fourth-order valence-electron chi connectivity index (χ4n) is 2.23. The van der Waals surface area contributed by atoms with Gasteiger partial charge in [0.25, 0.3) is 0 Å². The molecule has 1 amide bonds. The van der Waals surface area contributed by atoms with Gasteiger partial charge in [-0.15, -0.1) is 0 Å². The highest BCUT2D eigenvalue weighted by molar-refractivity contribution is 5.95. The lowest BCUT2D eigenvalue weighted by Crippen LogP contribution is -2.35. The van der Waals surface area contributed by atoms with Gasteiger partial charge in [-0.2, -0.15) is 0 Å². The van der Waals surface area contributed by atoms with E-state index in [1.165, 1.54) is 0 Å². The second kappa shape index (κ2) is 6.52. The highest BCUT2D eigenvalue weighted by Crippen LogP contribution is 2.14. The Bertz CT molecular complexity index is 401. The fourth-order valence-corrected chi connectivity index (χ4v) is 2.23. The summed E-state index contributed by atoms with van der Waals surface area (Å²) in [7, 11) is 0. The third kappa shape index (κ3) is 3.55. The van der Waals surface area contributed by atoms with E-state index < -0.39 is 0 Å². The number of aliphatic hydroxyl groups excluding tert-OH is 1. The molecule has 0 aromatic heterocycles. The molecule has 1 aliphatic rings. The van der Waals surface area contributed by atoms with Crippen molar-refractivity contribution in [2.45, 2.75) is 31.7 Å². The molecule has 1 aliphatic heterocycles. The van der Waals surface area contributed by atoms with Crippen LogP contribution in [0.1, 0.15) is 24.8 Å². The quantitative estimate of drug-likeness (QED) is 0.736. The number of anilines is 1. The molecular formula is C14H20N2O2. The molecule has 2 rings (SSSR count). The Morgan fingerprint density at radius 3 is 3.11 bits per heavy atom. The summed E-state index contributed by atoms with van der Waals surface area (Å²) in [4.78, 5) is 11.9. The van der Waals surface area contributed by atoms with Crippen LogP contribution in [0.15, 0.2) is 24.3 Å². The SMILES string of the molecule is O=C(Nc1cccc(CCCO)c1)C1CCCN1. The number of nitrogens with one attached hydrogen (secondary N) is 2. The molecule has 1 saturated heterocycles. The summed E-state index contributed by atoms with van der Waals surface area (Å²) in [6, 6.07) is 7.77. The highest BCUT2D eigenvalue weighted by atomic mass is 16.2. The second-order valence-electron chi connectivity index (χ2n) is 4.67.